The molecule has 2 aliphatic rings. The molecule has 0 atom stereocenters. The molecular weight excluding hydrogens is 130 g/mol. The van der Waals surface area contributed by atoms with E-state index in [1.807, 2.05) is 0 Å². The van der Waals surface area contributed by atoms with Crippen molar-refractivity contribution in [2.75, 3.05) is 5.73 Å². The van der Waals surface area contributed by atoms with Crippen molar-refractivity contribution in [3.63, 3.8) is 0 Å². The van der Waals surface area contributed by atoms with Crippen LogP contribution in [0.4, 0.5) is 5.82 Å². The molecule has 50 valence electrons. The van der Waals surface area contributed by atoms with Crippen LogP contribution in [-0.2, 0) is 0 Å². The van der Waals surface area contributed by atoms with Gasteiger partial charge in [0.25, 0.3) is 0 Å². The van der Waals surface area contributed by atoms with Gasteiger partial charge in [0.2, 0.25) is 5.89 Å². The Morgan fingerprint density at radius 3 is 3.20 bits per heavy atom. The minimum absolute atomic E-state index is 0.465. The van der Waals surface area contributed by atoms with Crippen molar-refractivity contribution in [2.45, 2.75) is 0 Å². The second-order valence-corrected chi connectivity index (χ2v) is 1.94. The molecule has 0 unspecified atom stereocenters. The summed E-state index contributed by atoms with van der Waals surface area (Å²) in [6.07, 6.45) is 2.98. The first-order valence-corrected chi connectivity index (χ1v) is 2.81. The summed E-state index contributed by atoms with van der Waals surface area (Å²) in [4.78, 5) is 7.65. The molecule has 2 heterocycles. The Hall–Kier alpha value is -1.58. The van der Waals surface area contributed by atoms with Gasteiger partial charge >= 0.3 is 0 Å². The van der Waals surface area contributed by atoms with Gasteiger partial charge in [-0.1, -0.05) is 0 Å². The van der Waals surface area contributed by atoms with Gasteiger partial charge in [0, 0.05) is 6.20 Å². The van der Waals surface area contributed by atoms with Gasteiger partial charge in [-0.2, -0.15) is 4.98 Å². The van der Waals surface area contributed by atoms with Crippen LogP contribution < -0.4 is 5.73 Å². The van der Waals surface area contributed by atoms with Crippen molar-refractivity contribution in [1.82, 2.24) is 9.97 Å². The third kappa shape index (κ3) is 0.621. The molecule has 0 bridgehead atoms. The Kier molecular flexibility index (Phi) is 0.887. The monoisotopic (exact) mass is 135 g/mol. The Balaban J connectivity index is 2.76. The molecule has 0 aromatic rings. The fourth-order valence-electron chi connectivity index (χ4n) is 0.813. The third-order valence-electron chi connectivity index (χ3n) is 1.22. The van der Waals surface area contributed by atoms with Gasteiger partial charge in [0.1, 0.15) is 5.82 Å². The normalized spacial score (nSPS) is 10.4. The number of fused-ring (bicyclic) bond motifs is 1. The van der Waals surface area contributed by atoms with Gasteiger partial charge in [0.05, 0.1) is 5.56 Å². The van der Waals surface area contributed by atoms with Crippen LogP contribution in [0.15, 0.2) is 23.1 Å². The van der Waals surface area contributed by atoms with Crippen LogP contribution in [0.25, 0.3) is 11.5 Å². The molecular formula is C6H5N3O. The topological polar surface area (TPSA) is 64.9 Å². The van der Waals surface area contributed by atoms with E-state index < -0.39 is 0 Å². The van der Waals surface area contributed by atoms with Gasteiger partial charge in [0.15, 0.2) is 6.39 Å². The molecule has 0 saturated heterocycles. The highest BCUT2D eigenvalue weighted by Crippen LogP contribution is 2.20. The third-order valence-corrected chi connectivity index (χ3v) is 1.22. The van der Waals surface area contributed by atoms with E-state index in [2.05, 4.69) is 9.97 Å². The number of hydrogen-bond acceptors (Lipinski definition) is 4. The Morgan fingerprint density at radius 2 is 2.40 bits per heavy atom. The van der Waals surface area contributed by atoms with Gasteiger partial charge in [-0.25, -0.2) is 4.98 Å². The number of rotatable bonds is 0. The van der Waals surface area contributed by atoms with Crippen LogP contribution in [0.3, 0.4) is 0 Å². The molecule has 0 aliphatic carbocycles. The quantitative estimate of drug-likeness (QED) is 0.579. The fourth-order valence-corrected chi connectivity index (χ4v) is 0.813. The lowest BCUT2D eigenvalue weighted by Crippen LogP contribution is -1.80. The van der Waals surface area contributed by atoms with Crippen molar-refractivity contribution < 1.29 is 4.42 Å². The minimum Gasteiger partial charge on any atom is -0.427 e. The summed E-state index contributed by atoms with van der Waals surface area (Å²) < 4.78 is 4.93. The first kappa shape index (κ1) is 5.22. The first-order chi connectivity index (χ1) is 4.86. The second-order valence-electron chi connectivity index (χ2n) is 1.94. The van der Waals surface area contributed by atoms with E-state index in [0.29, 0.717) is 11.7 Å². The Labute approximate surface area is 57.0 Å². The maximum absolute atomic E-state index is 5.39. The summed E-state index contributed by atoms with van der Waals surface area (Å²) in [5, 5.41) is 0. The highest BCUT2D eigenvalue weighted by atomic mass is 16.3. The van der Waals surface area contributed by atoms with E-state index in [0.717, 1.165) is 5.56 Å². The minimum atomic E-state index is 0.465. The maximum atomic E-state index is 5.39. The fraction of sp³-hybridized carbons (Fsp3) is 0. The lowest BCUT2D eigenvalue weighted by molar-refractivity contribution is 0.529. The smallest absolute Gasteiger partial charge is 0.231 e. The largest absolute Gasteiger partial charge is 0.427 e. The summed E-state index contributed by atoms with van der Waals surface area (Å²) in [5.74, 6) is 0.999. The number of anilines is 1. The molecule has 0 aromatic heterocycles. The maximum Gasteiger partial charge on any atom is 0.231 e. The standard InChI is InChI=1S/C6H5N3O/c7-5-1-4-2-8-3-10-6(4)9-5/h1-3H,7H2. The molecule has 2 N–H and O–H groups in total. The second kappa shape index (κ2) is 1.70. The zero-order valence-corrected chi connectivity index (χ0v) is 5.11. The molecule has 4 heteroatoms. The van der Waals surface area contributed by atoms with Crippen LogP contribution in [-0.4, -0.2) is 9.97 Å². The summed E-state index contributed by atoms with van der Waals surface area (Å²) in [7, 11) is 0. The van der Waals surface area contributed by atoms with Crippen molar-refractivity contribution in [3.8, 4) is 11.5 Å². The van der Waals surface area contributed by atoms with Crippen molar-refractivity contribution in [1.29, 1.82) is 0 Å². The predicted molar refractivity (Wildman–Crippen MR) is 35.3 cm³/mol. The zero-order valence-electron chi connectivity index (χ0n) is 5.11. The van der Waals surface area contributed by atoms with E-state index in [1.165, 1.54) is 6.39 Å². The molecule has 0 aromatic carbocycles. The molecule has 2 rings (SSSR count). The van der Waals surface area contributed by atoms with Crippen molar-refractivity contribution >= 4 is 5.82 Å². The van der Waals surface area contributed by atoms with E-state index in [1.54, 1.807) is 12.3 Å². The SMILES string of the molecule is Nc1cc2cncoc-2n1. The van der Waals surface area contributed by atoms with Crippen LogP contribution in [0.2, 0.25) is 0 Å². The summed E-state index contributed by atoms with van der Waals surface area (Å²) in [5.41, 5.74) is 6.22. The first-order valence-electron chi connectivity index (χ1n) is 2.81. The molecule has 0 fully saturated rings. The van der Waals surface area contributed by atoms with Gasteiger partial charge in [-0.05, 0) is 6.07 Å². The zero-order chi connectivity index (χ0) is 6.97. The van der Waals surface area contributed by atoms with Gasteiger partial charge in [-0.3, -0.25) is 0 Å². The molecule has 0 radical (unpaired) electrons. The number of nitrogen functional groups attached to an aromatic ring is 1. The Bertz CT molecular complexity index is 287. The predicted octanol–water partition coefficient (Wildman–Crippen LogP) is 0.757. The van der Waals surface area contributed by atoms with Gasteiger partial charge < -0.3 is 10.2 Å². The average Bonchev–Trinajstić information content (AvgIpc) is 2.27. The van der Waals surface area contributed by atoms with Crippen LogP contribution in [0, 0.1) is 0 Å². The van der Waals surface area contributed by atoms with Crippen molar-refractivity contribution in [2.24, 2.45) is 0 Å². The van der Waals surface area contributed by atoms with Crippen molar-refractivity contribution in [3.05, 3.63) is 18.7 Å². The molecule has 0 spiro atoms. The number of nitrogens with two attached hydrogens (primary N) is 1. The lowest BCUT2D eigenvalue weighted by atomic mass is 10.3. The lowest BCUT2D eigenvalue weighted by Gasteiger charge is -1.88. The van der Waals surface area contributed by atoms with E-state index in [9.17, 15) is 0 Å². The van der Waals surface area contributed by atoms with Crippen LogP contribution in [0.5, 0.6) is 0 Å². The van der Waals surface area contributed by atoms with E-state index >= 15 is 0 Å². The molecule has 0 saturated carbocycles. The average molecular weight is 135 g/mol. The summed E-state index contributed by atoms with van der Waals surface area (Å²) >= 11 is 0. The summed E-state index contributed by atoms with van der Waals surface area (Å²) in [6, 6.07) is 1.71. The molecule has 10 heavy (non-hydrogen) atoms. The highest BCUT2D eigenvalue weighted by molar-refractivity contribution is 5.60. The van der Waals surface area contributed by atoms with E-state index in [-0.39, 0.29) is 0 Å². The molecule has 0 amide bonds. The van der Waals surface area contributed by atoms with Crippen LogP contribution in [0.1, 0.15) is 0 Å². The Morgan fingerprint density at radius 1 is 1.50 bits per heavy atom. The summed E-state index contributed by atoms with van der Waals surface area (Å²) in [6.45, 7) is 0. The highest BCUT2D eigenvalue weighted by Gasteiger charge is 2.06. The van der Waals surface area contributed by atoms with Gasteiger partial charge in [-0.15, -0.1) is 0 Å². The number of aromatic nitrogens is 2. The van der Waals surface area contributed by atoms with E-state index in [4.69, 9.17) is 10.2 Å². The number of hydrogen-bond donors (Lipinski definition) is 1. The molecule has 4 nitrogen and oxygen atoms in total. The van der Waals surface area contributed by atoms with Crippen LogP contribution >= 0.6 is 0 Å². The molecule has 2 aliphatic heterocycles. The number of nitrogens with zero attached hydrogens (tertiary/aromatic N) is 2.